The van der Waals surface area contributed by atoms with Crippen molar-refractivity contribution in [3.05, 3.63) is 35.9 Å². The molecule has 0 heterocycles. The molecule has 0 aromatic heterocycles. The van der Waals surface area contributed by atoms with Gasteiger partial charge in [0.15, 0.2) is 0 Å². The van der Waals surface area contributed by atoms with Gasteiger partial charge in [0.05, 0.1) is 0 Å². The summed E-state index contributed by atoms with van der Waals surface area (Å²) in [6, 6.07) is 11.2. The summed E-state index contributed by atoms with van der Waals surface area (Å²) >= 11 is 0. The smallest absolute Gasteiger partial charge is 0.00703 e. The quantitative estimate of drug-likeness (QED) is 0.760. The highest BCUT2D eigenvalue weighted by atomic mass is 14.7. The Kier molecular flexibility index (Phi) is 3.20. The van der Waals surface area contributed by atoms with E-state index in [1.54, 1.807) is 0 Å². The average Bonchev–Trinajstić information content (AvgIpc) is 2.23. The van der Waals surface area contributed by atoms with Gasteiger partial charge < -0.3 is 5.73 Å². The minimum atomic E-state index is 0.434. The van der Waals surface area contributed by atoms with Gasteiger partial charge in [0.1, 0.15) is 0 Å². The molecule has 1 heteroatoms. The van der Waals surface area contributed by atoms with Crippen molar-refractivity contribution in [2.75, 3.05) is 0 Å². The molecule has 1 saturated carbocycles. The molecule has 2 atom stereocenters. The molecule has 1 aromatic carbocycles. The molecule has 0 bridgehead atoms. The van der Waals surface area contributed by atoms with Gasteiger partial charge in [-0.1, -0.05) is 43.2 Å². The zero-order valence-corrected chi connectivity index (χ0v) is 8.65. The molecule has 0 radical (unpaired) electrons. The van der Waals surface area contributed by atoms with Crippen LogP contribution in [-0.2, 0) is 6.42 Å². The molecule has 0 saturated heterocycles. The lowest BCUT2D eigenvalue weighted by atomic mass is 9.81. The summed E-state index contributed by atoms with van der Waals surface area (Å²) in [4.78, 5) is 0. The molecule has 1 unspecified atom stereocenters. The minimum absolute atomic E-state index is 0.434. The standard InChI is InChI=1S/C13H19N/c14-13-9-5-4-8-12(13)10-11-6-2-1-3-7-11/h1-3,6-7,12-13H,4-5,8-10,14H2/t12-,13?/m0/s1. The van der Waals surface area contributed by atoms with Crippen LogP contribution in [0.5, 0.6) is 0 Å². The second kappa shape index (κ2) is 4.61. The second-order valence-corrected chi connectivity index (χ2v) is 4.40. The van der Waals surface area contributed by atoms with Gasteiger partial charge in [0.25, 0.3) is 0 Å². The third-order valence-corrected chi connectivity index (χ3v) is 3.31. The highest BCUT2D eigenvalue weighted by Gasteiger charge is 2.21. The number of hydrogen-bond donors (Lipinski definition) is 1. The van der Waals surface area contributed by atoms with Gasteiger partial charge in [-0.25, -0.2) is 0 Å². The Morgan fingerprint density at radius 3 is 2.50 bits per heavy atom. The summed E-state index contributed by atoms with van der Waals surface area (Å²) in [5.74, 6) is 0.714. The van der Waals surface area contributed by atoms with Gasteiger partial charge >= 0.3 is 0 Å². The van der Waals surface area contributed by atoms with Crippen LogP contribution in [0, 0.1) is 5.92 Å². The van der Waals surface area contributed by atoms with Crippen LogP contribution < -0.4 is 5.73 Å². The first-order valence-corrected chi connectivity index (χ1v) is 5.66. The molecule has 2 N–H and O–H groups in total. The highest BCUT2D eigenvalue weighted by Crippen LogP contribution is 2.25. The lowest BCUT2D eigenvalue weighted by Crippen LogP contribution is -2.34. The Bertz CT molecular complexity index is 268. The maximum absolute atomic E-state index is 6.13. The summed E-state index contributed by atoms with van der Waals surface area (Å²) in [6.45, 7) is 0. The van der Waals surface area contributed by atoms with Crippen molar-refractivity contribution in [2.45, 2.75) is 38.1 Å². The van der Waals surface area contributed by atoms with Gasteiger partial charge in [0.2, 0.25) is 0 Å². The first-order chi connectivity index (χ1) is 6.86. The zero-order valence-electron chi connectivity index (χ0n) is 8.65. The zero-order chi connectivity index (χ0) is 9.80. The Morgan fingerprint density at radius 2 is 1.79 bits per heavy atom. The number of nitrogens with two attached hydrogens (primary N) is 1. The van der Waals surface area contributed by atoms with Crippen LogP contribution in [-0.4, -0.2) is 6.04 Å². The first-order valence-electron chi connectivity index (χ1n) is 5.66. The fourth-order valence-electron chi connectivity index (χ4n) is 2.41. The topological polar surface area (TPSA) is 26.0 Å². The van der Waals surface area contributed by atoms with Crippen molar-refractivity contribution < 1.29 is 0 Å². The number of hydrogen-bond acceptors (Lipinski definition) is 1. The molecule has 1 aliphatic rings. The summed E-state index contributed by atoms with van der Waals surface area (Å²) in [5.41, 5.74) is 7.57. The molecule has 1 aromatic rings. The Morgan fingerprint density at radius 1 is 1.07 bits per heavy atom. The van der Waals surface area contributed by atoms with Gasteiger partial charge in [-0.15, -0.1) is 0 Å². The van der Waals surface area contributed by atoms with Crippen LogP contribution >= 0.6 is 0 Å². The summed E-state index contributed by atoms with van der Waals surface area (Å²) in [6.07, 6.45) is 6.40. The number of rotatable bonds is 2. The van der Waals surface area contributed by atoms with Gasteiger partial charge in [-0.3, -0.25) is 0 Å². The lowest BCUT2D eigenvalue weighted by Gasteiger charge is -2.28. The first kappa shape index (κ1) is 9.72. The van der Waals surface area contributed by atoms with E-state index in [4.69, 9.17) is 5.73 Å². The molecule has 1 fully saturated rings. The van der Waals surface area contributed by atoms with E-state index in [1.807, 2.05) is 0 Å². The van der Waals surface area contributed by atoms with E-state index in [-0.39, 0.29) is 0 Å². The van der Waals surface area contributed by atoms with Crippen LogP contribution in [0.15, 0.2) is 30.3 Å². The molecular formula is C13H19N. The SMILES string of the molecule is NC1CCCC[C@H]1Cc1ccccc1. The highest BCUT2D eigenvalue weighted by molar-refractivity contribution is 5.15. The molecule has 0 spiro atoms. The van der Waals surface area contributed by atoms with E-state index in [2.05, 4.69) is 30.3 Å². The summed E-state index contributed by atoms with van der Waals surface area (Å²) < 4.78 is 0. The molecule has 0 aliphatic heterocycles. The lowest BCUT2D eigenvalue weighted by molar-refractivity contribution is 0.306. The molecular weight excluding hydrogens is 170 g/mol. The molecule has 0 amide bonds. The maximum atomic E-state index is 6.13. The maximum Gasteiger partial charge on any atom is 0.00703 e. The van der Waals surface area contributed by atoms with E-state index in [0.29, 0.717) is 12.0 Å². The Labute approximate surface area is 86.3 Å². The third kappa shape index (κ3) is 2.36. The monoisotopic (exact) mass is 189 g/mol. The van der Waals surface area contributed by atoms with Crippen LogP contribution in [0.2, 0.25) is 0 Å². The van der Waals surface area contributed by atoms with Crippen LogP contribution in [0.3, 0.4) is 0 Å². The molecule has 14 heavy (non-hydrogen) atoms. The summed E-state index contributed by atoms with van der Waals surface area (Å²) in [5, 5.41) is 0. The van der Waals surface area contributed by atoms with Crippen molar-refractivity contribution in [3.8, 4) is 0 Å². The van der Waals surface area contributed by atoms with E-state index >= 15 is 0 Å². The number of benzene rings is 1. The van der Waals surface area contributed by atoms with Crippen molar-refractivity contribution in [2.24, 2.45) is 11.7 Å². The largest absolute Gasteiger partial charge is 0.327 e. The fraction of sp³-hybridized carbons (Fsp3) is 0.538. The Balaban J connectivity index is 1.96. The molecule has 76 valence electrons. The van der Waals surface area contributed by atoms with Crippen molar-refractivity contribution in [1.82, 2.24) is 0 Å². The van der Waals surface area contributed by atoms with Gasteiger partial charge in [0, 0.05) is 6.04 Å². The van der Waals surface area contributed by atoms with E-state index < -0.39 is 0 Å². The predicted octanol–water partition coefficient (Wildman–Crippen LogP) is 2.75. The van der Waals surface area contributed by atoms with Crippen LogP contribution in [0.4, 0.5) is 0 Å². The summed E-state index contributed by atoms with van der Waals surface area (Å²) in [7, 11) is 0. The predicted molar refractivity (Wildman–Crippen MR) is 60.1 cm³/mol. The van der Waals surface area contributed by atoms with Gasteiger partial charge in [-0.2, -0.15) is 0 Å². The normalized spacial score (nSPS) is 27.5. The van der Waals surface area contributed by atoms with Crippen molar-refractivity contribution in [3.63, 3.8) is 0 Å². The van der Waals surface area contributed by atoms with Crippen LogP contribution in [0.25, 0.3) is 0 Å². The third-order valence-electron chi connectivity index (χ3n) is 3.31. The second-order valence-electron chi connectivity index (χ2n) is 4.40. The molecule has 1 aliphatic carbocycles. The minimum Gasteiger partial charge on any atom is -0.327 e. The van der Waals surface area contributed by atoms with Gasteiger partial charge in [-0.05, 0) is 30.7 Å². The molecule has 1 nitrogen and oxygen atoms in total. The van der Waals surface area contributed by atoms with Crippen molar-refractivity contribution in [1.29, 1.82) is 0 Å². The van der Waals surface area contributed by atoms with Crippen molar-refractivity contribution >= 4 is 0 Å². The molecule has 2 rings (SSSR count). The Hall–Kier alpha value is -0.820. The fourth-order valence-corrected chi connectivity index (χ4v) is 2.41. The average molecular weight is 189 g/mol. The van der Waals surface area contributed by atoms with E-state index in [1.165, 1.54) is 37.7 Å². The van der Waals surface area contributed by atoms with E-state index in [0.717, 1.165) is 0 Å². The van der Waals surface area contributed by atoms with E-state index in [9.17, 15) is 0 Å². The van der Waals surface area contributed by atoms with Crippen LogP contribution in [0.1, 0.15) is 31.2 Å².